The maximum atomic E-state index is 12.3. The number of carbonyl (C=O) groups excluding carboxylic acids is 1. The summed E-state index contributed by atoms with van der Waals surface area (Å²) in [6.07, 6.45) is 8.77. The van der Waals surface area contributed by atoms with Crippen LogP contribution in [0.5, 0.6) is 5.06 Å². The van der Waals surface area contributed by atoms with Crippen molar-refractivity contribution in [3.8, 4) is 5.06 Å². The lowest BCUT2D eigenvalue weighted by molar-refractivity contribution is -0.138. The van der Waals surface area contributed by atoms with Gasteiger partial charge in [0.15, 0.2) is 5.06 Å². The van der Waals surface area contributed by atoms with E-state index in [2.05, 4.69) is 11.9 Å². The van der Waals surface area contributed by atoms with E-state index in [1.165, 1.54) is 43.4 Å². The Bertz CT molecular complexity index is 521. The van der Waals surface area contributed by atoms with Gasteiger partial charge in [0.05, 0.1) is 5.92 Å². The molecule has 3 aliphatic rings. The van der Waals surface area contributed by atoms with Gasteiger partial charge in [-0.3, -0.25) is 4.79 Å². The third-order valence-electron chi connectivity index (χ3n) is 6.30. The number of ether oxygens (including phenoxy) is 1. The lowest BCUT2D eigenvalue weighted by Crippen LogP contribution is -2.41. The van der Waals surface area contributed by atoms with Gasteiger partial charge in [-0.2, -0.15) is 0 Å². The Kier molecular flexibility index (Phi) is 5.34. The van der Waals surface area contributed by atoms with E-state index in [9.17, 15) is 4.79 Å². The van der Waals surface area contributed by atoms with Crippen LogP contribution in [0.1, 0.15) is 44.9 Å². The van der Waals surface area contributed by atoms with Crippen LogP contribution in [0, 0.1) is 17.8 Å². The number of halogens is 1. The number of hydrogen-bond acceptors (Lipinski definition) is 4. The molecule has 0 aromatic carbocycles. The molecule has 3 heterocycles. The van der Waals surface area contributed by atoms with Crippen molar-refractivity contribution in [3.63, 3.8) is 0 Å². The molecule has 5 heteroatoms. The van der Waals surface area contributed by atoms with E-state index in [1.54, 1.807) is 0 Å². The van der Waals surface area contributed by atoms with Crippen molar-refractivity contribution in [1.82, 2.24) is 4.90 Å². The highest BCUT2D eigenvalue weighted by molar-refractivity contribution is 7.11. The summed E-state index contributed by atoms with van der Waals surface area (Å²) in [6, 6.07) is 5.42. The smallest absolute Gasteiger partial charge is 0.315 e. The first-order chi connectivity index (χ1) is 10.7. The second-order valence-electron chi connectivity index (χ2n) is 7.41. The van der Waals surface area contributed by atoms with Crippen molar-refractivity contribution >= 4 is 29.7 Å². The summed E-state index contributed by atoms with van der Waals surface area (Å²) in [4.78, 5) is 14.9. The first-order valence-corrected chi connectivity index (χ1v) is 9.56. The van der Waals surface area contributed by atoms with Crippen LogP contribution in [-0.4, -0.2) is 30.0 Å². The molecule has 0 amide bonds. The summed E-state index contributed by atoms with van der Waals surface area (Å²) in [6.45, 7) is 0. The molecule has 1 aromatic rings. The zero-order chi connectivity index (χ0) is 15.1. The molecule has 0 spiro atoms. The minimum Gasteiger partial charge on any atom is -0.415 e. The first-order valence-electron chi connectivity index (χ1n) is 8.68. The molecule has 1 saturated carbocycles. The standard InChI is InChI=1S/C18H25NO2S.ClH/c1-19-15-6-7-16(19)11-14(10-15)12-4-5-13(9-12)18(20)21-17-3-2-8-22-17;/h2-3,8,12-16H,4-7,9-11H2,1H3;1H. The molecule has 2 aliphatic heterocycles. The van der Waals surface area contributed by atoms with Gasteiger partial charge in [-0.15, -0.1) is 23.7 Å². The van der Waals surface area contributed by atoms with Crippen molar-refractivity contribution in [1.29, 1.82) is 0 Å². The van der Waals surface area contributed by atoms with Crippen LogP contribution < -0.4 is 4.74 Å². The van der Waals surface area contributed by atoms with Gasteiger partial charge in [0.1, 0.15) is 0 Å². The fourth-order valence-corrected chi connectivity index (χ4v) is 5.58. The highest BCUT2D eigenvalue weighted by atomic mass is 35.5. The van der Waals surface area contributed by atoms with Crippen LogP contribution in [-0.2, 0) is 4.79 Å². The number of fused-ring (bicyclic) bond motifs is 2. The largest absolute Gasteiger partial charge is 0.415 e. The van der Waals surface area contributed by atoms with Gasteiger partial charge in [0, 0.05) is 12.1 Å². The van der Waals surface area contributed by atoms with Crippen molar-refractivity contribution in [2.24, 2.45) is 17.8 Å². The highest BCUT2D eigenvalue weighted by Gasteiger charge is 2.43. The van der Waals surface area contributed by atoms with Crippen molar-refractivity contribution in [2.75, 3.05) is 7.05 Å². The number of esters is 1. The van der Waals surface area contributed by atoms with Gasteiger partial charge in [0.2, 0.25) is 0 Å². The van der Waals surface area contributed by atoms with Crippen molar-refractivity contribution in [3.05, 3.63) is 17.5 Å². The average Bonchev–Trinajstić information content (AvgIpc) is 3.21. The molecule has 3 nitrogen and oxygen atoms in total. The fourth-order valence-electron chi connectivity index (χ4n) is 5.00. The van der Waals surface area contributed by atoms with E-state index < -0.39 is 0 Å². The van der Waals surface area contributed by atoms with E-state index >= 15 is 0 Å². The van der Waals surface area contributed by atoms with Gasteiger partial charge in [-0.05, 0) is 81.3 Å². The van der Waals surface area contributed by atoms with Crippen LogP contribution in [0.2, 0.25) is 0 Å². The molecule has 4 rings (SSSR count). The quantitative estimate of drug-likeness (QED) is 0.754. The summed E-state index contributed by atoms with van der Waals surface area (Å²) in [5.41, 5.74) is 0. The zero-order valence-electron chi connectivity index (χ0n) is 13.6. The fraction of sp³-hybridized carbons (Fsp3) is 0.722. The maximum Gasteiger partial charge on any atom is 0.315 e. The summed E-state index contributed by atoms with van der Waals surface area (Å²) >= 11 is 1.50. The molecule has 0 N–H and O–H groups in total. The van der Waals surface area contributed by atoms with E-state index in [0.29, 0.717) is 0 Å². The Morgan fingerprint density at radius 1 is 1.13 bits per heavy atom. The molecule has 0 radical (unpaired) electrons. The van der Waals surface area contributed by atoms with Crippen LogP contribution in [0.15, 0.2) is 17.5 Å². The number of piperidine rings is 1. The molecule has 4 atom stereocenters. The van der Waals surface area contributed by atoms with E-state index in [1.807, 2.05) is 17.5 Å². The highest BCUT2D eigenvalue weighted by Crippen LogP contribution is 2.46. The number of thiophene rings is 1. The van der Waals surface area contributed by atoms with Gasteiger partial charge >= 0.3 is 5.97 Å². The summed E-state index contributed by atoms with van der Waals surface area (Å²) < 4.78 is 5.52. The molecule has 2 saturated heterocycles. The summed E-state index contributed by atoms with van der Waals surface area (Å²) in [5, 5.41) is 2.69. The van der Waals surface area contributed by atoms with Crippen LogP contribution in [0.25, 0.3) is 0 Å². The summed E-state index contributed by atoms with van der Waals surface area (Å²) in [7, 11) is 2.30. The predicted octanol–water partition coefficient (Wildman–Crippen LogP) is 4.36. The molecular formula is C18H26ClNO2S. The van der Waals surface area contributed by atoms with Crippen molar-refractivity contribution < 1.29 is 9.53 Å². The Morgan fingerprint density at radius 3 is 2.52 bits per heavy atom. The third-order valence-corrected chi connectivity index (χ3v) is 7.05. The second-order valence-corrected chi connectivity index (χ2v) is 8.32. The molecule has 23 heavy (non-hydrogen) atoms. The first kappa shape index (κ1) is 17.2. The third kappa shape index (κ3) is 3.45. The summed E-state index contributed by atoms with van der Waals surface area (Å²) in [5.74, 6) is 1.72. The zero-order valence-corrected chi connectivity index (χ0v) is 15.3. The van der Waals surface area contributed by atoms with E-state index in [0.717, 1.165) is 41.8 Å². The Morgan fingerprint density at radius 2 is 1.87 bits per heavy atom. The van der Waals surface area contributed by atoms with E-state index in [-0.39, 0.29) is 24.3 Å². The van der Waals surface area contributed by atoms with Crippen molar-refractivity contribution in [2.45, 2.75) is 57.0 Å². The van der Waals surface area contributed by atoms with Gasteiger partial charge < -0.3 is 9.64 Å². The lowest BCUT2D eigenvalue weighted by atomic mass is 9.80. The second kappa shape index (κ2) is 7.12. The van der Waals surface area contributed by atoms with E-state index in [4.69, 9.17) is 4.74 Å². The van der Waals surface area contributed by atoms with Gasteiger partial charge in [-0.25, -0.2) is 0 Å². The topological polar surface area (TPSA) is 29.5 Å². The van der Waals surface area contributed by atoms with Crippen LogP contribution in [0.4, 0.5) is 0 Å². The minimum absolute atomic E-state index is 0. The normalized spacial score (nSPS) is 36.7. The number of carbonyl (C=O) groups is 1. The molecule has 128 valence electrons. The Hall–Kier alpha value is -0.580. The van der Waals surface area contributed by atoms with Crippen LogP contribution >= 0.6 is 23.7 Å². The monoisotopic (exact) mass is 355 g/mol. The molecular weight excluding hydrogens is 330 g/mol. The Balaban J connectivity index is 0.00000156. The van der Waals surface area contributed by atoms with Gasteiger partial charge in [0.25, 0.3) is 0 Å². The molecule has 2 bridgehead atoms. The predicted molar refractivity (Wildman–Crippen MR) is 95.3 cm³/mol. The minimum atomic E-state index is 0. The SMILES string of the molecule is CN1C2CCC1CC(C1CCC(C(=O)Oc3cccs3)C1)C2.Cl. The molecule has 1 aromatic heterocycles. The maximum absolute atomic E-state index is 12.3. The number of nitrogens with zero attached hydrogens (tertiary/aromatic N) is 1. The number of hydrogen-bond donors (Lipinski definition) is 0. The average molecular weight is 356 g/mol. The number of rotatable bonds is 3. The van der Waals surface area contributed by atoms with Gasteiger partial charge in [-0.1, -0.05) is 0 Å². The van der Waals surface area contributed by atoms with Crippen LogP contribution in [0.3, 0.4) is 0 Å². The lowest BCUT2D eigenvalue weighted by Gasteiger charge is -2.39. The molecule has 1 aliphatic carbocycles. The molecule has 3 fully saturated rings. The molecule has 4 unspecified atom stereocenters. The Labute approximate surface area is 148 Å².